The molecule has 2 N–H and O–H groups in total. The molecule has 0 radical (unpaired) electrons. The molecule has 0 atom stereocenters. The lowest BCUT2D eigenvalue weighted by Crippen LogP contribution is -3.12. The van der Waals surface area contributed by atoms with Crippen LogP contribution < -0.4 is 9.62 Å². The Morgan fingerprint density at radius 1 is 1.16 bits per heavy atom. The average Bonchev–Trinajstić information content (AvgIpc) is 2.75. The van der Waals surface area contributed by atoms with Crippen LogP contribution in [0.2, 0.25) is 0 Å². The average molecular weight is 366 g/mol. The molecule has 0 aliphatic carbocycles. The Bertz CT molecular complexity index is 753. The number of ether oxygens (including phenoxy) is 1. The van der Waals surface area contributed by atoms with Crippen LogP contribution in [0.5, 0.6) is 0 Å². The highest BCUT2D eigenvalue weighted by molar-refractivity contribution is 7.90. The topological polar surface area (TPSA) is 89.3 Å². The minimum absolute atomic E-state index is 0.152. The van der Waals surface area contributed by atoms with E-state index in [2.05, 4.69) is 9.71 Å². The number of aliphatic imine (C=N–C) groups is 1. The Balaban J connectivity index is 1.48. The van der Waals surface area contributed by atoms with Crippen LogP contribution in [-0.2, 0) is 19.6 Å². The lowest BCUT2D eigenvalue weighted by Gasteiger charge is -2.15. The van der Waals surface area contributed by atoms with E-state index < -0.39 is 10.0 Å². The molecule has 1 aromatic carbocycles. The van der Waals surface area contributed by atoms with Crippen molar-refractivity contribution in [2.75, 3.05) is 32.8 Å². The highest BCUT2D eigenvalue weighted by Gasteiger charge is 2.29. The first-order valence-corrected chi connectivity index (χ1v) is 10.2. The van der Waals surface area contributed by atoms with Crippen LogP contribution >= 0.6 is 0 Å². The highest BCUT2D eigenvalue weighted by atomic mass is 32.2. The molecule has 0 amide bonds. The molecule has 1 saturated heterocycles. The smallest absolute Gasteiger partial charge is 0.361 e. The molecule has 1 fully saturated rings. The molecule has 0 aromatic heterocycles. The van der Waals surface area contributed by atoms with Gasteiger partial charge in [-0.05, 0) is 37.8 Å². The van der Waals surface area contributed by atoms with Gasteiger partial charge < -0.3 is 9.64 Å². The Kier molecular flexibility index (Phi) is 5.70. The third kappa shape index (κ3) is 4.58. The largest absolute Gasteiger partial charge is 0.460 e. The molecule has 2 heterocycles. The van der Waals surface area contributed by atoms with E-state index >= 15 is 0 Å². The van der Waals surface area contributed by atoms with Crippen LogP contribution in [0.15, 0.2) is 34.2 Å². The van der Waals surface area contributed by atoms with Gasteiger partial charge in [0.2, 0.25) is 0 Å². The first kappa shape index (κ1) is 17.9. The molecule has 8 heteroatoms. The molecule has 1 aromatic rings. The van der Waals surface area contributed by atoms with Crippen LogP contribution in [0, 0.1) is 0 Å². The monoisotopic (exact) mass is 366 g/mol. The number of carbonyl (C=O) groups excluding carboxylic acids is 1. The highest BCUT2D eigenvalue weighted by Crippen LogP contribution is 2.21. The molecule has 3 rings (SSSR count). The van der Waals surface area contributed by atoms with Crippen molar-refractivity contribution in [1.82, 2.24) is 4.72 Å². The first-order valence-electron chi connectivity index (χ1n) is 8.72. The van der Waals surface area contributed by atoms with Crippen LogP contribution in [0.3, 0.4) is 0 Å². The van der Waals surface area contributed by atoms with Crippen LogP contribution in [0.4, 0.5) is 0 Å². The second-order valence-corrected chi connectivity index (χ2v) is 8.04. The Morgan fingerprint density at radius 2 is 1.88 bits per heavy atom. The lowest BCUT2D eigenvalue weighted by atomic mass is 10.2. The SMILES string of the molecule is O=C(C[NH+]1CCCCCC1)OCCN=C1NS(=O)(=O)c2ccccc21. The quantitative estimate of drug-likeness (QED) is 0.554. The third-order valence-corrected chi connectivity index (χ3v) is 5.89. The fourth-order valence-corrected chi connectivity index (χ4v) is 4.48. The molecule has 25 heavy (non-hydrogen) atoms. The van der Waals surface area contributed by atoms with Crippen LogP contribution in [0.25, 0.3) is 0 Å². The number of fused-ring (bicyclic) bond motifs is 1. The van der Waals surface area contributed by atoms with Gasteiger partial charge in [0.15, 0.2) is 6.54 Å². The summed E-state index contributed by atoms with van der Waals surface area (Å²) in [5.41, 5.74) is 0.558. The maximum absolute atomic E-state index is 12.0. The predicted octanol–water partition coefficient (Wildman–Crippen LogP) is -0.273. The zero-order valence-electron chi connectivity index (χ0n) is 14.2. The molecular weight excluding hydrogens is 342 g/mol. The van der Waals surface area contributed by atoms with Crippen molar-refractivity contribution in [3.8, 4) is 0 Å². The van der Waals surface area contributed by atoms with Gasteiger partial charge in [-0.1, -0.05) is 12.1 Å². The number of benzene rings is 1. The van der Waals surface area contributed by atoms with E-state index in [9.17, 15) is 13.2 Å². The lowest BCUT2D eigenvalue weighted by molar-refractivity contribution is -0.891. The number of rotatable bonds is 5. The van der Waals surface area contributed by atoms with E-state index in [4.69, 9.17) is 4.74 Å². The van der Waals surface area contributed by atoms with E-state index in [-0.39, 0.29) is 24.0 Å². The van der Waals surface area contributed by atoms with Gasteiger partial charge in [0, 0.05) is 5.56 Å². The minimum Gasteiger partial charge on any atom is -0.460 e. The van der Waals surface area contributed by atoms with Crippen LogP contribution in [0.1, 0.15) is 31.2 Å². The standard InChI is InChI=1S/C17H23N3O4S/c21-16(13-20-10-5-1-2-6-11-20)24-12-9-18-17-14-7-3-4-8-15(14)25(22,23)19-17/h3-4,7-8H,1-2,5-6,9-13H2,(H,18,19)/p+1. The normalized spacial score (nSPS) is 21.4. The summed E-state index contributed by atoms with van der Waals surface area (Å²) in [4.78, 5) is 17.7. The number of quaternary nitrogens is 1. The van der Waals surface area contributed by atoms with Crippen molar-refractivity contribution in [2.24, 2.45) is 4.99 Å². The van der Waals surface area contributed by atoms with Gasteiger partial charge in [0.25, 0.3) is 10.0 Å². The predicted molar refractivity (Wildman–Crippen MR) is 93.2 cm³/mol. The van der Waals surface area contributed by atoms with Gasteiger partial charge in [-0.2, -0.15) is 0 Å². The van der Waals surface area contributed by atoms with E-state index in [1.165, 1.54) is 17.7 Å². The molecule has 2 aliphatic heterocycles. The summed E-state index contributed by atoms with van der Waals surface area (Å²) in [5, 5.41) is 0. The number of nitrogens with one attached hydrogen (secondary N) is 2. The summed E-state index contributed by atoms with van der Waals surface area (Å²) in [7, 11) is -3.52. The number of hydrogen-bond acceptors (Lipinski definition) is 5. The summed E-state index contributed by atoms with van der Waals surface area (Å²) in [6, 6.07) is 6.69. The summed E-state index contributed by atoms with van der Waals surface area (Å²) in [5.74, 6) is 0.0919. The summed E-state index contributed by atoms with van der Waals surface area (Å²) in [6.45, 7) is 2.82. The maximum Gasteiger partial charge on any atom is 0.361 e. The Morgan fingerprint density at radius 3 is 2.64 bits per heavy atom. The number of likely N-dealkylation sites (tertiary alicyclic amines) is 1. The van der Waals surface area contributed by atoms with Crippen molar-refractivity contribution < 1.29 is 22.8 Å². The summed E-state index contributed by atoms with van der Waals surface area (Å²) < 4.78 is 31.6. The van der Waals surface area contributed by atoms with Gasteiger partial charge in [0.05, 0.1) is 24.5 Å². The van der Waals surface area contributed by atoms with Gasteiger partial charge in [0.1, 0.15) is 12.4 Å². The molecular formula is C17H24N3O4S+. The number of carbonyl (C=O) groups is 1. The van der Waals surface area contributed by atoms with Crippen molar-refractivity contribution in [3.05, 3.63) is 29.8 Å². The van der Waals surface area contributed by atoms with Crippen LogP contribution in [-0.4, -0.2) is 53.0 Å². The molecule has 7 nitrogen and oxygen atoms in total. The summed E-state index contributed by atoms with van der Waals surface area (Å²) in [6.07, 6.45) is 4.81. The summed E-state index contributed by atoms with van der Waals surface area (Å²) >= 11 is 0. The molecule has 2 aliphatic rings. The molecule has 0 unspecified atom stereocenters. The zero-order chi connectivity index (χ0) is 17.7. The van der Waals surface area contributed by atoms with E-state index in [0.717, 1.165) is 25.9 Å². The van der Waals surface area contributed by atoms with Crippen molar-refractivity contribution in [2.45, 2.75) is 30.6 Å². The second kappa shape index (κ2) is 7.97. The number of sulfonamides is 1. The van der Waals surface area contributed by atoms with Crippen molar-refractivity contribution in [1.29, 1.82) is 0 Å². The molecule has 0 bridgehead atoms. The Hall–Kier alpha value is -1.93. The molecule has 136 valence electrons. The molecule has 0 saturated carbocycles. The van der Waals surface area contributed by atoms with Gasteiger partial charge in [-0.15, -0.1) is 0 Å². The second-order valence-electron chi connectivity index (χ2n) is 6.39. The fraction of sp³-hybridized carbons (Fsp3) is 0.529. The van der Waals surface area contributed by atoms with E-state index in [1.807, 2.05) is 0 Å². The van der Waals surface area contributed by atoms with Gasteiger partial charge in [-0.25, -0.2) is 13.2 Å². The number of hydrogen-bond donors (Lipinski definition) is 2. The number of nitrogens with zero attached hydrogens (tertiary/aromatic N) is 1. The van der Waals surface area contributed by atoms with Gasteiger partial charge >= 0.3 is 5.97 Å². The third-order valence-electron chi connectivity index (χ3n) is 4.49. The van der Waals surface area contributed by atoms with Gasteiger partial charge in [-0.3, -0.25) is 9.71 Å². The van der Waals surface area contributed by atoms with Crippen molar-refractivity contribution >= 4 is 21.8 Å². The van der Waals surface area contributed by atoms with E-state index in [1.54, 1.807) is 24.3 Å². The minimum atomic E-state index is -3.52. The fourth-order valence-electron chi connectivity index (χ4n) is 3.23. The molecule has 0 spiro atoms. The zero-order valence-corrected chi connectivity index (χ0v) is 15.0. The maximum atomic E-state index is 12.0. The number of amidine groups is 1. The number of esters is 1. The Labute approximate surface area is 148 Å². The first-order chi connectivity index (χ1) is 12.1. The van der Waals surface area contributed by atoms with Crippen molar-refractivity contribution in [3.63, 3.8) is 0 Å². The van der Waals surface area contributed by atoms with E-state index in [0.29, 0.717) is 17.9 Å².